The Hall–Kier alpha value is -3.89. The van der Waals surface area contributed by atoms with Crippen LogP contribution in [0.25, 0.3) is 0 Å². The average Bonchev–Trinajstić information content (AvgIpc) is 2.55. The topological polar surface area (TPSA) is 151 Å². The van der Waals surface area contributed by atoms with Gasteiger partial charge in [0, 0.05) is 17.2 Å². The quantitative estimate of drug-likeness (QED) is 0.491. The van der Waals surface area contributed by atoms with Crippen molar-refractivity contribution >= 4 is 23.5 Å². The largest absolute Gasteiger partial charge is 0.867 e. The normalized spacial score (nSPS) is 10.6. The third kappa shape index (κ3) is 4.10. The first-order valence-corrected chi connectivity index (χ1v) is 6.52. The number of non-ortho nitro benzene ring substituents is 1. The van der Waals surface area contributed by atoms with Crippen molar-refractivity contribution in [2.45, 2.75) is 0 Å². The molecule has 0 spiro atoms. The van der Waals surface area contributed by atoms with Crippen molar-refractivity contribution in [3.63, 3.8) is 0 Å². The number of carbonyl (C=O) groups is 1. The lowest BCUT2D eigenvalue weighted by atomic mass is 10.1. The Bertz CT molecular complexity index is 899. The maximum Gasteiger partial charge on any atom is 0.276 e. The molecule has 0 atom stereocenters. The van der Waals surface area contributed by atoms with Crippen molar-refractivity contribution in [1.82, 2.24) is 5.43 Å². The van der Waals surface area contributed by atoms with E-state index in [-0.39, 0.29) is 5.56 Å². The summed E-state index contributed by atoms with van der Waals surface area (Å²) >= 11 is 0. The number of amides is 1. The molecule has 2 aromatic rings. The SMILES string of the molecule is O=C(N/N=C\c1cc([N+](=O)[O-])cc([N+](=O)[O-])c1[O-])c1cccc(F)c1. The number of halogens is 1. The maximum atomic E-state index is 13.0. The minimum absolute atomic E-state index is 0.0514. The van der Waals surface area contributed by atoms with E-state index in [9.17, 15) is 34.5 Å². The van der Waals surface area contributed by atoms with Crippen molar-refractivity contribution in [2.75, 3.05) is 0 Å². The van der Waals surface area contributed by atoms with Gasteiger partial charge in [-0.3, -0.25) is 25.0 Å². The lowest BCUT2D eigenvalue weighted by molar-refractivity contribution is -0.403. The van der Waals surface area contributed by atoms with Crippen LogP contribution in [0.1, 0.15) is 15.9 Å². The van der Waals surface area contributed by atoms with Gasteiger partial charge in [0.25, 0.3) is 17.3 Å². The zero-order chi connectivity index (χ0) is 18.6. The lowest BCUT2D eigenvalue weighted by Crippen LogP contribution is -2.17. The molecule has 128 valence electrons. The Morgan fingerprint density at radius 2 is 1.88 bits per heavy atom. The van der Waals surface area contributed by atoms with Crippen LogP contribution in [0, 0.1) is 26.0 Å². The molecule has 2 rings (SSSR count). The van der Waals surface area contributed by atoms with E-state index in [1.165, 1.54) is 12.1 Å². The molecule has 2 aromatic carbocycles. The van der Waals surface area contributed by atoms with Gasteiger partial charge in [-0.2, -0.15) is 5.10 Å². The number of hydrogen-bond acceptors (Lipinski definition) is 7. The van der Waals surface area contributed by atoms with Gasteiger partial charge in [-0.05, 0) is 23.9 Å². The highest BCUT2D eigenvalue weighted by Gasteiger charge is 2.18. The summed E-state index contributed by atoms with van der Waals surface area (Å²) in [6, 6.07) is 6.00. The van der Waals surface area contributed by atoms with E-state index in [0.29, 0.717) is 6.07 Å². The Morgan fingerprint density at radius 1 is 1.16 bits per heavy atom. The third-order valence-corrected chi connectivity index (χ3v) is 2.95. The van der Waals surface area contributed by atoms with Gasteiger partial charge in [0.1, 0.15) is 5.82 Å². The van der Waals surface area contributed by atoms with E-state index < -0.39 is 44.3 Å². The van der Waals surface area contributed by atoms with E-state index in [4.69, 9.17) is 0 Å². The predicted molar refractivity (Wildman–Crippen MR) is 80.7 cm³/mol. The second-order valence-corrected chi connectivity index (χ2v) is 4.61. The van der Waals surface area contributed by atoms with Crippen molar-refractivity contribution < 1.29 is 24.1 Å². The standard InChI is InChI=1S/C14H9FN4O6/c15-10-3-1-2-8(4-10)14(21)17-16-7-9-5-11(18(22)23)6-12(13(9)20)19(24)25/h1-7,20H,(H,17,21)/p-1/b16-7-. The molecule has 0 bridgehead atoms. The highest BCUT2D eigenvalue weighted by Crippen LogP contribution is 2.31. The van der Waals surface area contributed by atoms with Crippen molar-refractivity contribution in [3.05, 3.63) is 73.6 Å². The van der Waals surface area contributed by atoms with E-state index in [0.717, 1.165) is 24.4 Å². The number of rotatable bonds is 5. The summed E-state index contributed by atoms with van der Waals surface area (Å²) in [7, 11) is 0. The number of carbonyl (C=O) groups excluding carboxylic acids is 1. The fourth-order valence-corrected chi connectivity index (χ4v) is 1.81. The van der Waals surface area contributed by atoms with Crippen LogP contribution >= 0.6 is 0 Å². The summed E-state index contributed by atoms with van der Waals surface area (Å²) in [5, 5.41) is 36.8. The van der Waals surface area contributed by atoms with Gasteiger partial charge in [-0.15, -0.1) is 0 Å². The molecule has 0 radical (unpaired) electrons. The van der Waals surface area contributed by atoms with Crippen LogP contribution < -0.4 is 10.5 Å². The molecular formula is C14H8FN4O6-. The molecule has 25 heavy (non-hydrogen) atoms. The fraction of sp³-hybridized carbons (Fsp3) is 0. The lowest BCUT2D eigenvalue weighted by Gasteiger charge is -2.10. The van der Waals surface area contributed by atoms with E-state index in [1.807, 2.05) is 5.43 Å². The molecule has 0 saturated heterocycles. The molecule has 1 amide bonds. The molecule has 1 N–H and O–H groups in total. The van der Waals surface area contributed by atoms with Crippen LogP contribution in [0.4, 0.5) is 15.8 Å². The second kappa shape index (κ2) is 7.12. The highest BCUT2D eigenvalue weighted by atomic mass is 19.1. The minimum atomic E-state index is -1.10. The van der Waals surface area contributed by atoms with Crippen molar-refractivity contribution in [3.8, 4) is 5.75 Å². The zero-order valence-electron chi connectivity index (χ0n) is 12.2. The van der Waals surface area contributed by atoms with Gasteiger partial charge in [0.2, 0.25) is 0 Å². The zero-order valence-corrected chi connectivity index (χ0v) is 12.2. The highest BCUT2D eigenvalue weighted by molar-refractivity contribution is 5.95. The van der Waals surface area contributed by atoms with Gasteiger partial charge >= 0.3 is 0 Å². The van der Waals surface area contributed by atoms with Crippen molar-refractivity contribution in [1.29, 1.82) is 0 Å². The van der Waals surface area contributed by atoms with E-state index in [2.05, 4.69) is 5.10 Å². The summed E-state index contributed by atoms with van der Waals surface area (Å²) < 4.78 is 13.0. The van der Waals surface area contributed by atoms with Gasteiger partial charge < -0.3 is 5.11 Å². The van der Waals surface area contributed by atoms with Gasteiger partial charge in [-0.25, -0.2) is 9.82 Å². The van der Waals surface area contributed by atoms with Crippen molar-refractivity contribution in [2.24, 2.45) is 5.10 Å². The molecule has 11 heteroatoms. The van der Waals surface area contributed by atoms with Crippen LogP contribution in [0.3, 0.4) is 0 Å². The summed E-state index contributed by atoms with van der Waals surface area (Å²) in [5.74, 6) is -2.55. The van der Waals surface area contributed by atoms with E-state index in [1.54, 1.807) is 0 Å². The average molecular weight is 347 g/mol. The van der Waals surface area contributed by atoms with Gasteiger partial charge in [-0.1, -0.05) is 6.07 Å². The molecule has 0 unspecified atom stereocenters. The number of hydrazone groups is 1. The summed E-state index contributed by atoms with van der Waals surface area (Å²) in [6.45, 7) is 0. The molecule has 0 aromatic heterocycles. The molecule has 0 heterocycles. The molecule has 0 aliphatic rings. The van der Waals surface area contributed by atoms with Crippen LogP contribution in [0.5, 0.6) is 5.75 Å². The number of nitro benzene ring substituents is 2. The van der Waals surface area contributed by atoms with Gasteiger partial charge in [0.05, 0.1) is 22.1 Å². The molecule has 0 aliphatic heterocycles. The third-order valence-electron chi connectivity index (χ3n) is 2.95. The minimum Gasteiger partial charge on any atom is -0.867 e. The van der Waals surface area contributed by atoms with Crippen LogP contribution in [0.2, 0.25) is 0 Å². The number of benzene rings is 2. The fourth-order valence-electron chi connectivity index (χ4n) is 1.81. The summed E-state index contributed by atoms with van der Waals surface area (Å²) in [5.41, 5.74) is -0.195. The number of nitrogens with one attached hydrogen (secondary N) is 1. The first-order valence-electron chi connectivity index (χ1n) is 6.52. The molecule has 0 fully saturated rings. The molecule has 10 nitrogen and oxygen atoms in total. The molecule has 0 saturated carbocycles. The van der Waals surface area contributed by atoms with Gasteiger partial charge in [0.15, 0.2) is 0 Å². The maximum absolute atomic E-state index is 13.0. The van der Waals surface area contributed by atoms with Crippen LogP contribution in [0.15, 0.2) is 41.5 Å². The Kier molecular flexibility index (Phi) is 4.98. The molecular weight excluding hydrogens is 339 g/mol. The Balaban J connectivity index is 2.27. The number of nitro groups is 2. The smallest absolute Gasteiger partial charge is 0.276 e. The second-order valence-electron chi connectivity index (χ2n) is 4.61. The summed E-state index contributed by atoms with van der Waals surface area (Å²) in [4.78, 5) is 31.3. The number of hydrogen-bond donors (Lipinski definition) is 1. The Labute approximate surface area is 138 Å². The number of nitrogens with zero attached hydrogens (tertiary/aromatic N) is 3. The van der Waals surface area contributed by atoms with E-state index >= 15 is 0 Å². The Morgan fingerprint density at radius 3 is 2.48 bits per heavy atom. The van der Waals surface area contributed by atoms with Crippen LogP contribution in [-0.4, -0.2) is 22.0 Å². The predicted octanol–water partition coefficient (Wildman–Crippen LogP) is 1.48. The first kappa shape index (κ1) is 17.5. The summed E-state index contributed by atoms with van der Waals surface area (Å²) in [6.07, 6.45) is 0.736. The van der Waals surface area contributed by atoms with Crippen LogP contribution in [-0.2, 0) is 0 Å². The molecule has 0 aliphatic carbocycles. The monoisotopic (exact) mass is 347 g/mol. The first-order chi connectivity index (χ1) is 11.8.